The molecule has 124 valence electrons. The Morgan fingerprint density at radius 3 is 2.46 bits per heavy atom. The van der Waals surface area contributed by atoms with Gasteiger partial charge in [-0.05, 0) is 18.2 Å². The standard InChI is InChI=1S/C16H15N3O5/c1-17-16(20)14(18-23-2)12-9-6-10-13(19(21)22)15(12)24-11-7-4-3-5-8-11/h3-10H,1-2H3,(H,17,20)/b18-14+. The third-order valence-electron chi connectivity index (χ3n) is 3.03. The molecule has 0 aliphatic heterocycles. The lowest BCUT2D eigenvalue weighted by molar-refractivity contribution is -0.385. The zero-order valence-corrected chi connectivity index (χ0v) is 13.1. The van der Waals surface area contributed by atoms with Crippen LogP contribution in [0.15, 0.2) is 53.7 Å². The molecule has 0 radical (unpaired) electrons. The number of likely N-dealkylation sites (N-methyl/N-ethyl adjacent to an activating group) is 1. The van der Waals surface area contributed by atoms with Crippen LogP contribution in [0.5, 0.6) is 11.5 Å². The van der Waals surface area contributed by atoms with Gasteiger partial charge in [-0.15, -0.1) is 0 Å². The largest absolute Gasteiger partial charge is 0.449 e. The van der Waals surface area contributed by atoms with Gasteiger partial charge in [0.25, 0.3) is 5.91 Å². The predicted molar refractivity (Wildman–Crippen MR) is 87.2 cm³/mol. The third-order valence-corrected chi connectivity index (χ3v) is 3.03. The zero-order chi connectivity index (χ0) is 17.5. The van der Waals surface area contributed by atoms with Crippen LogP contribution in [0, 0.1) is 10.1 Å². The van der Waals surface area contributed by atoms with Crippen molar-refractivity contribution in [3.8, 4) is 11.5 Å². The molecule has 0 saturated carbocycles. The Hall–Kier alpha value is -3.42. The molecule has 2 rings (SSSR count). The van der Waals surface area contributed by atoms with Crippen molar-refractivity contribution in [3.63, 3.8) is 0 Å². The molecule has 0 aliphatic rings. The van der Waals surface area contributed by atoms with Gasteiger partial charge in [-0.25, -0.2) is 0 Å². The van der Waals surface area contributed by atoms with Crippen molar-refractivity contribution in [2.45, 2.75) is 0 Å². The number of nitrogens with one attached hydrogen (secondary N) is 1. The molecular weight excluding hydrogens is 314 g/mol. The van der Waals surface area contributed by atoms with Crippen LogP contribution in [0.3, 0.4) is 0 Å². The van der Waals surface area contributed by atoms with Crippen LogP contribution in [0.25, 0.3) is 0 Å². The minimum Gasteiger partial charge on any atom is -0.449 e. The molecule has 2 aromatic carbocycles. The van der Waals surface area contributed by atoms with E-state index in [0.717, 1.165) is 0 Å². The fourth-order valence-electron chi connectivity index (χ4n) is 1.99. The quantitative estimate of drug-likeness (QED) is 0.498. The number of rotatable bonds is 6. The number of benzene rings is 2. The highest BCUT2D eigenvalue weighted by molar-refractivity contribution is 6.45. The summed E-state index contributed by atoms with van der Waals surface area (Å²) < 4.78 is 5.67. The monoisotopic (exact) mass is 329 g/mol. The molecule has 0 aromatic heterocycles. The average molecular weight is 329 g/mol. The van der Waals surface area contributed by atoms with Crippen LogP contribution >= 0.6 is 0 Å². The van der Waals surface area contributed by atoms with Gasteiger partial charge in [0.05, 0.1) is 10.5 Å². The first-order chi connectivity index (χ1) is 11.6. The summed E-state index contributed by atoms with van der Waals surface area (Å²) in [5, 5.41) is 17.4. The van der Waals surface area contributed by atoms with E-state index in [0.29, 0.717) is 5.75 Å². The fraction of sp³-hybridized carbons (Fsp3) is 0.125. The number of para-hydroxylation sites is 2. The summed E-state index contributed by atoms with van der Waals surface area (Å²) in [6, 6.07) is 12.8. The van der Waals surface area contributed by atoms with Crippen LogP contribution in [-0.4, -0.2) is 30.7 Å². The second-order valence-corrected chi connectivity index (χ2v) is 4.53. The van der Waals surface area contributed by atoms with Gasteiger partial charge in [0.1, 0.15) is 12.9 Å². The number of hydrogen-bond acceptors (Lipinski definition) is 6. The van der Waals surface area contributed by atoms with Gasteiger partial charge in [-0.1, -0.05) is 29.4 Å². The molecule has 0 spiro atoms. The molecule has 2 aromatic rings. The van der Waals surface area contributed by atoms with Crippen molar-refractivity contribution in [2.75, 3.05) is 14.2 Å². The zero-order valence-electron chi connectivity index (χ0n) is 13.1. The van der Waals surface area contributed by atoms with Crippen LogP contribution in [0.4, 0.5) is 5.69 Å². The summed E-state index contributed by atoms with van der Waals surface area (Å²) in [7, 11) is 2.70. The van der Waals surface area contributed by atoms with Crippen molar-refractivity contribution >= 4 is 17.3 Å². The second kappa shape index (κ2) is 7.73. The second-order valence-electron chi connectivity index (χ2n) is 4.53. The highest BCUT2D eigenvalue weighted by atomic mass is 16.6. The summed E-state index contributed by atoms with van der Waals surface area (Å²) in [4.78, 5) is 27.5. The molecule has 8 heteroatoms. The number of carbonyl (C=O) groups excluding carboxylic acids is 1. The van der Waals surface area contributed by atoms with E-state index in [9.17, 15) is 14.9 Å². The lowest BCUT2D eigenvalue weighted by Gasteiger charge is -2.12. The van der Waals surface area contributed by atoms with Gasteiger partial charge in [-0.3, -0.25) is 14.9 Å². The van der Waals surface area contributed by atoms with Crippen LogP contribution in [0.2, 0.25) is 0 Å². The van der Waals surface area contributed by atoms with Gasteiger partial charge in [-0.2, -0.15) is 0 Å². The van der Waals surface area contributed by atoms with Gasteiger partial charge in [0, 0.05) is 13.1 Å². The average Bonchev–Trinajstić information content (AvgIpc) is 2.60. The van der Waals surface area contributed by atoms with E-state index in [4.69, 9.17) is 4.74 Å². The highest BCUT2D eigenvalue weighted by Crippen LogP contribution is 2.35. The van der Waals surface area contributed by atoms with Gasteiger partial charge in [0.2, 0.25) is 5.75 Å². The van der Waals surface area contributed by atoms with E-state index >= 15 is 0 Å². The molecular formula is C16H15N3O5. The van der Waals surface area contributed by atoms with Gasteiger partial charge in [0.15, 0.2) is 5.71 Å². The Kier molecular flexibility index (Phi) is 5.45. The summed E-state index contributed by atoms with van der Waals surface area (Å²) in [6.07, 6.45) is 0. The number of nitrogens with zero attached hydrogens (tertiary/aromatic N) is 2. The number of amides is 1. The van der Waals surface area contributed by atoms with Crippen LogP contribution in [0.1, 0.15) is 5.56 Å². The van der Waals surface area contributed by atoms with Gasteiger partial charge >= 0.3 is 5.69 Å². The molecule has 0 bridgehead atoms. The number of nitro groups is 1. The Bertz CT molecular complexity index is 775. The van der Waals surface area contributed by atoms with Crippen LogP contribution in [-0.2, 0) is 9.63 Å². The number of hydrogen-bond donors (Lipinski definition) is 1. The molecule has 0 saturated heterocycles. The van der Waals surface area contributed by atoms with E-state index in [1.54, 1.807) is 30.3 Å². The lowest BCUT2D eigenvalue weighted by atomic mass is 10.1. The first-order valence-electron chi connectivity index (χ1n) is 6.92. The van der Waals surface area contributed by atoms with Crippen LogP contribution < -0.4 is 10.1 Å². The summed E-state index contributed by atoms with van der Waals surface area (Å²) in [5.74, 6) is -0.259. The molecule has 24 heavy (non-hydrogen) atoms. The van der Waals surface area contributed by atoms with E-state index in [-0.39, 0.29) is 22.7 Å². The Morgan fingerprint density at radius 2 is 1.88 bits per heavy atom. The maximum atomic E-state index is 12.0. The summed E-state index contributed by atoms with van der Waals surface area (Å²) in [6.45, 7) is 0. The first kappa shape index (κ1) is 16.9. The molecule has 1 N–H and O–H groups in total. The number of carbonyl (C=O) groups is 1. The molecule has 0 atom stereocenters. The summed E-state index contributed by atoms with van der Waals surface area (Å²) >= 11 is 0. The Morgan fingerprint density at radius 1 is 1.17 bits per heavy atom. The molecule has 8 nitrogen and oxygen atoms in total. The Labute approximate surface area is 137 Å². The van der Waals surface area contributed by atoms with E-state index in [1.165, 1.54) is 32.4 Å². The lowest BCUT2D eigenvalue weighted by Crippen LogP contribution is -2.29. The minimum absolute atomic E-state index is 0.0897. The number of oxime groups is 1. The van der Waals surface area contributed by atoms with Crippen molar-refractivity contribution in [1.82, 2.24) is 5.32 Å². The molecule has 0 unspecified atom stereocenters. The van der Waals surface area contributed by atoms with Crippen molar-refractivity contribution < 1.29 is 19.3 Å². The smallest absolute Gasteiger partial charge is 0.312 e. The molecule has 0 fully saturated rings. The van der Waals surface area contributed by atoms with E-state index < -0.39 is 10.8 Å². The number of nitro benzene ring substituents is 1. The molecule has 0 heterocycles. The maximum absolute atomic E-state index is 12.0. The minimum atomic E-state index is -0.587. The van der Waals surface area contributed by atoms with E-state index in [2.05, 4.69) is 15.3 Å². The molecule has 0 aliphatic carbocycles. The van der Waals surface area contributed by atoms with Crippen molar-refractivity contribution in [1.29, 1.82) is 0 Å². The fourth-order valence-corrected chi connectivity index (χ4v) is 1.99. The van der Waals surface area contributed by atoms with E-state index in [1.807, 2.05) is 0 Å². The van der Waals surface area contributed by atoms with Crippen molar-refractivity contribution in [3.05, 3.63) is 64.2 Å². The summed E-state index contributed by atoms with van der Waals surface area (Å²) in [5.41, 5.74) is -0.270. The number of ether oxygens (including phenoxy) is 1. The maximum Gasteiger partial charge on any atom is 0.312 e. The first-order valence-corrected chi connectivity index (χ1v) is 6.92. The normalized spacial score (nSPS) is 10.8. The topological polar surface area (TPSA) is 103 Å². The Balaban J connectivity index is 2.62. The predicted octanol–water partition coefficient (Wildman–Crippen LogP) is 2.48. The molecule has 1 amide bonds. The third kappa shape index (κ3) is 3.67. The highest BCUT2D eigenvalue weighted by Gasteiger charge is 2.26. The van der Waals surface area contributed by atoms with Crippen molar-refractivity contribution in [2.24, 2.45) is 5.16 Å². The van der Waals surface area contributed by atoms with Gasteiger partial charge < -0.3 is 14.9 Å². The SMILES string of the molecule is CNC(=O)/C(=N/OC)c1cccc([N+](=O)[O-])c1Oc1ccccc1.